The number of hydrogen-bond donors (Lipinski definition) is 2. The lowest BCUT2D eigenvalue weighted by atomic mass is 10.2. The number of halogens is 1. The SMILES string of the molecule is C=CCNC(=O)COc1ccc(Cl)c(C(=O)O)c1. The van der Waals surface area contributed by atoms with Crippen molar-refractivity contribution in [3.8, 4) is 5.75 Å². The van der Waals surface area contributed by atoms with Crippen molar-refractivity contribution >= 4 is 23.5 Å². The molecule has 0 spiro atoms. The lowest BCUT2D eigenvalue weighted by Gasteiger charge is -2.07. The second-order valence-electron chi connectivity index (χ2n) is 3.33. The summed E-state index contributed by atoms with van der Waals surface area (Å²) in [5.74, 6) is -1.20. The van der Waals surface area contributed by atoms with Crippen LogP contribution in [0.3, 0.4) is 0 Å². The smallest absolute Gasteiger partial charge is 0.337 e. The van der Waals surface area contributed by atoms with E-state index in [1.165, 1.54) is 18.2 Å². The lowest BCUT2D eigenvalue weighted by molar-refractivity contribution is -0.122. The van der Waals surface area contributed by atoms with Gasteiger partial charge in [-0.2, -0.15) is 0 Å². The predicted molar refractivity (Wildman–Crippen MR) is 67.1 cm³/mol. The van der Waals surface area contributed by atoms with Gasteiger partial charge < -0.3 is 15.2 Å². The monoisotopic (exact) mass is 269 g/mol. The fourth-order valence-corrected chi connectivity index (χ4v) is 1.34. The van der Waals surface area contributed by atoms with E-state index in [9.17, 15) is 9.59 Å². The van der Waals surface area contributed by atoms with Crippen molar-refractivity contribution in [2.45, 2.75) is 0 Å². The molecule has 1 aromatic rings. The zero-order chi connectivity index (χ0) is 13.5. The molecule has 0 saturated heterocycles. The van der Waals surface area contributed by atoms with Crippen molar-refractivity contribution in [2.75, 3.05) is 13.2 Å². The summed E-state index contributed by atoms with van der Waals surface area (Å²) in [4.78, 5) is 22.1. The maximum atomic E-state index is 11.2. The number of aromatic carboxylic acids is 1. The van der Waals surface area contributed by atoms with Gasteiger partial charge in [-0.25, -0.2) is 4.79 Å². The number of nitrogens with one attached hydrogen (secondary N) is 1. The summed E-state index contributed by atoms with van der Waals surface area (Å²) in [6.07, 6.45) is 1.54. The summed E-state index contributed by atoms with van der Waals surface area (Å²) >= 11 is 5.70. The zero-order valence-electron chi connectivity index (χ0n) is 9.48. The van der Waals surface area contributed by atoms with Gasteiger partial charge in [-0.05, 0) is 18.2 Å². The first-order valence-corrected chi connectivity index (χ1v) is 5.45. The number of carbonyl (C=O) groups is 2. The first-order valence-electron chi connectivity index (χ1n) is 5.08. The number of amides is 1. The molecule has 96 valence electrons. The average Bonchev–Trinajstić information content (AvgIpc) is 2.35. The Labute approximate surface area is 109 Å². The van der Waals surface area contributed by atoms with Crippen LogP contribution in [0.15, 0.2) is 30.9 Å². The molecule has 0 heterocycles. The van der Waals surface area contributed by atoms with Crippen LogP contribution in [0.1, 0.15) is 10.4 Å². The fraction of sp³-hybridized carbons (Fsp3) is 0.167. The molecule has 0 unspecified atom stereocenters. The third-order valence-corrected chi connectivity index (χ3v) is 2.31. The highest BCUT2D eigenvalue weighted by Gasteiger charge is 2.10. The second-order valence-corrected chi connectivity index (χ2v) is 3.74. The average molecular weight is 270 g/mol. The normalized spacial score (nSPS) is 9.61. The Bertz CT molecular complexity index is 473. The molecule has 0 bridgehead atoms. The molecule has 0 fully saturated rings. The molecule has 5 nitrogen and oxygen atoms in total. The second kappa shape index (κ2) is 6.66. The van der Waals surface area contributed by atoms with E-state index in [1.54, 1.807) is 6.08 Å². The number of rotatable bonds is 6. The number of carbonyl (C=O) groups excluding carboxylic acids is 1. The van der Waals surface area contributed by atoms with Crippen LogP contribution >= 0.6 is 11.6 Å². The van der Waals surface area contributed by atoms with Gasteiger partial charge in [0.05, 0.1) is 10.6 Å². The van der Waals surface area contributed by atoms with Crippen LogP contribution in [0, 0.1) is 0 Å². The predicted octanol–water partition coefficient (Wildman–Crippen LogP) is 1.72. The Balaban J connectivity index is 2.63. The molecule has 2 N–H and O–H groups in total. The molecule has 1 rings (SSSR count). The summed E-state index contributed by atoms with van der Waals surface area (Å²) in [7, 11) is 0. The standard InChI is InChI=1S/C12H12ClNO4/c1-2-5-14-11(15)7-18-8-3-4-10(13)9(6-8)12(16)17/h2-4,6H,1,5,7H2,(H,14,15)(H,16,17). The molecule has 0 radical (unpaired) electrons. The summed E-state index contributed by atoms with van der Waals surface area (Å²) in [6.45, 7) is 3.61. The quantitative estimate of drug-likeness (QED) is 0.771. The molecule has 18 heavy (non-hydrogen) atoms. The van der Waals surface area contributed by atoms with Crippen molar-refractivity contribution in [2.24, 2.45) is 0 Å². The summed E-state index contributed by atoms with van der Waals surface area (Å²) < 4.78 is 5.14. The minimum absolute atomic E-state index is 0.0688. The van der Waals surface area contributed by atoms with E-state index in [0.29, 0.717) is 6.54 Å². The minimum Gasteiger partial charge on any atom is -0.484 e. The van der Waals surface area contributed by atoms with Crippen molar-refractivity contribution in [1.29, 1.82) is 0 Å². The molecular weight excluding hydrogens is 258 g/mol. The summed E-state index contributed by atoms with van der Waals surface area (Å²) in [6, 6.07) is 4.17. The van der Waals surface area contributed by atoms with Gasteiger partial charge in [0.2, 0.25) is 0 Å². The van der Waals surface area contributed by atoms with E-state index in [-0.39, 0.29) is 28.8 Å². The molecule has 0 aliphatic heterocycles. The van der Waals surface area contributed by atoms with E-state index in [0.717, 1.165) is 0 Å². The van der Waals surface area contributed by atoms with Gasteiger partial charge in [-0.1, -0.05) is 17.7 Å². The topological polar surface area (TPSA) is 75.6 Å². The van der Waals surface area contributed by atoms with Crippen LogP contribution < -0.4 is 10.1 Å². The van der Waals surface area contributed by atoms with E-state index in [4.69, 9.17) is 21.4 Å². The van der Waals surface area contributed by atoms with Crippen LogP contribution in [-0.2, 0) is 4.79 Å². The Kier molecular flexibility index (Phi) is 5.20. The van der Waals surface area contributed by atoms with Crippen molar-refractivity contribution in [1.82, 2.24) is 5.32 Å². The molecular formula is C12H12ClNO4. The molecule has 0 aromatic heterocycles. The number of carboxylic acid groups (broad SMARTS) is 1. The molecule has 6 heteroatoms. The first kappa shape index (κ1) is 14.1. The molecule has 0 aliphatic carbocycles. The molecule has 1 amide bonds. The fourth-order valence-electron chi connectivity index (χ4n) is 1.14. The minimum atomic E-state index is -1.15. The highest BCUT2D eigenvalue weighted by molar-refractivity contribution is 6.33. The van der Waals surface area contributed by atoms with E-state index in [2.05, 4.69) is 11.9 Å². The lowest BCUT2D eigenvalue weighted by Crippen LogP contribution is -2.28. The third kappa shape index (κ3) is 4.10. The van der Waals surface area contributed by atoms with Crippen molar-refractivity contribution in [3.05, 3.63) is 41.4 Å². The van der Waals surface area contributed by atoms with Crippen LogP contribution in [0.4, 0.5) is 0 Å². The molecule has 0 aliphatic rings. The van der Waals surface area contributed by atoms with Crippen LogP contribution in [-0.4, -0.2) is 30.1 Å². The van der Waals surface area contributed by atoms with Crippen LogP contribution in [0.25, 0.3) is 0 Å². The van der Waals surface area contributed by atoms with Gasteiger partial charge in [0.25, 0.3) is 5.91 Å². The highest BCUT2D eigenvalue weighted by Crippen LogP contribution is 2.21. The number of hydrogen-bond acceptors (Lipinski definition) is 3. The van der Waals surface area contributed by atoms with E-state index >= 15 is 0 Å². The number of benzene rings is 1. The molecule has 0 atom stereocenters. The number of carboxylic acids is 1. The van der Waals surface area contributed by atoms with Gasteiger partial charge >= 0.3 is 5.97 Å². The van der Waals surface area contributed by atoms with Crippen LogP contribution in [0.5, 0.6) is 5.75 Å². The third-order valence-electron chi connectivity index (χ3n) is 1.98. The van der Waals surface area contributed by atoms with Crippen molar-refractivity contribution < 1.29 is 19.4 Å². The highest BCUT2D eigenvalue weighted by atomic mass is 35.5. The molecule has 1 aromatic carbocycles. The summed E-state index contributed by atoms with van der Waals surface area (Å²) in [5, 5.41) is 11.5. The Morgan fingerprint density at radius 3 is 2.83 bits per heavy atom. The number of ether oxygens (including phenoxy) is 1. The zero-order valence-corrected chi connectivity index (χ0v) is 10.2. The molecule has 0 saturated carbocycles. The van der Waals surface area contributed by atoms with Gasteiger partial charge in [0.15, 0.2) is 6.61 Å². The van der Waals surface area contributed by atoms with Crippen LogP contribution in [0.2, 0.25) is 5.02 Å². The Morgan fingerprint density at radius 2 is 2.22 bits per heavy atom. The Hall–Kier alpha value is -2.01. The van der Waals surface area contributed by atoms with Gasteiger partial charge in [0.1, 0.15) is 5.75 Å². The van der Waals surface area contributed by atoms with Gasteiger partial charge in [0, 0.05) is 6.54 Å². The first-order chi connectivity index (χ1) is 8.54. The maximum Gasteiger partial charge on any atom is 0.337 e. The Morgan fingerprint density at radius 1 is 1.50 bits per heavy atom. The van der Waals surface area contributed by atoms with E-state index in [1.807, 2.05) is 0 Å². The van der Waals surface area contributed by atoms with Gasteiger partial charge in [-0.15, -0.1) is 6.58 Å². The largest absolute Gasteiger partial charge is 0.484 e. The maximum absolute atomic E-state index is 11.2. The summed E-state index contributed by atoms with van der Waals surface area (Å²) in [5.41, 5.74) is -0.0688. The van der Waals surface area contributed by atoms with Crippen molar-refractivity contribution in [3.63, 3.8) is 0 Å². The van der Waals surface area contributed by atoms with E-state index < -0.39 is 5.97 Å². The van der Waals surface area contributed by atoms with Gasteiger partial charge in [-0.3, -0.25) is 4.79 Å².